The second-order valence-electron chi connectivity index (χ2n) is 4.11. The number of hydrogen-bond donors (Lipinski definition) is 0. The van der Waals surface area contributed by atoms with Gasteiger partial charge in [0.15, 0.2) is 0 Å². The predicted octanol–water partition coefficient (Wildman–Crippen LogP) is 3.24. The highest BCUT2D eigenvalue weighted by Gasteiger charge is 2.29. The van der Waals surface area contributed by atoms with Crippen molar-refractivity contribution in [3.05, 3.63) is 54.1 Å². The van der Waals surface area contributed by atoms with Gasteiger partial charge in [-0.1, -0.05) is 48.6 Å². The molecular weight excluding hydrogens is 184 g/mol. The van der Waals surface area contributed by atoms with Gasteiger partial charge in [-0.2, -0.15) is 0 Å². The molecule has 0 fully saturated rings. The summed E-state index contributed by atoms with van der Waals surface area (Å²) >= 11 is 0. The molecule has 0 amide bonds. The number of allylic oxidation sites excluding steroid dienone is 4. The van der Waals surface area contributed by atoms with Gasteiger partial charge in [0.25, 0.3) is 0 Å². The number of carbonyl (C=O) groups excluding carboxylic acids is 1. The molecule has 1 unspecified atom stereocenters. The summed E-state index contributed by atoms with van der Waals surface area (Å²) in [6, 6.07) is 10.1. The molecule has 1 aromatic carbocycles. The van der Waals surface area contributed by atoms with Gasteiger partial charge < -0.3 is 4.79 Å². The van der Waals surface area contributed by atoms with Crippen molar-refractivity contribution in [3.8, 4) is 0 Å². The van der Waals surface area contributed by atoms with E-state index in [9.17, 15) is 4.79 Å². The van der Waals surface area contributed by atoms with Crippen LogP contribution in [-0.2, 0) is 4.79 Å². The summed E-state index contributed by atoms with van der Waals surface area (Å²) in [5.41, 5.74) is 1.88. The summed E-state index contributed by atoms with van der Waals surface area (Å²) in [6.45, 7) is 1.99. The quantitative estimate of drug-likeness (QED) is 0.667. The third-order valence-electron chi connectivity index (χ3n) is 2.90. The van der Waals surface area contributed by atoms with E-state index in [0.717, 1.165) is 23.8 Å². The summed E-state index contributed by atoms with van der Waals surface area (Å²) in [5, 5.41) is 0. The molecule has 0 saturated carbocycles. The summed E-state index contributed by atoms with van der Waals surface area (Å²) < 4.78 is 0. The monoisotopic (exact) mass is 198 g/mol. The SMILES string of the molecule is CC1(C=O)CC=CC=C1c1ccccc1. The predicted molar refractivity (Wildman–Crippen MR) is 62.3 cm³/mol. The molecule has 0 spiro atoms. The van der Waals surface area contributed by atoms with E-state index in [1.165, 1.54) is 0 Å². The zero-order valence-electron chi connectivity index (χ0n) is 8.81. The maximum atomic E-state index is 11.2. The van der Waals surface area contributed by atoms with Crippen molar-refractivity contribution >= 4 is 11.9 Å². The van der Waals surface area contributed by atoms with Gasteiger partial charge in [-0.3, -0.25) is 0 Å². The van der Waals surface area contributed by atoms with Gasteiger partial charge in [0.1, 0.15) is 6.29 Å². The molecule has 2 rings (SSSR count). The van der Waals surface area contributed by atoms with Crippen molar-refractivity contribution in [2.45, 2.75) is 13.3 Å². The van der Waals surface area contributed by atoms with Crippen LogP contribution in [0.15, 0.2) is 48.6 Å². The standard InChI is InChI=1S/C14H14O/c1-14(11-15)10-6-5-9-13(14)12-7-3-2-4-8-12/h2-9,11H,10H2,1H3. The number of carbonyl (C=O) groups is 1. The average Bonchev–Trinajstić information content (AvgIpc) is 2.31. The summed E-state index contributed by atoms with van der Waals surface area (Å²) in [5.74, 6) is 0. The van der Waals surface area contributed by atoms with Crippen molar-refractivity contribution in [1.82, 2.24) is 0 Å². The number of hydrogen-bond acceptors (Lipinski definition) is 1. The molecule has 0 radical (unpaired) electrons. The van der Waals surface area contributed by atoms with Gasteiger partial charge in [0.05, 0.1) is 5.41 Å². The van der Waals surface area contributed by atoms with Crippen molar-refractivity contribution in [2.75, 3.05) is 0 Å². The molecule has 1 aliphatic carbocycles. The third kappa shape index (κ3) is 1.78. The van der Waals surface area contributed by atoms with E-state index in [0.29, 0.717) is 0 Å². The van der Waals surface area contributed by atoms with E-state index in [4.69, 9.17) is 0 Å². The fraction of sp³-hybridized carbons (Fsp3) is 0.214. The van der Waals surface area contributed by atoms with Crippen molar-refractivity contribution in [2.24, 2.45) is 5.41 Å². The first-order valence-electron chi connectivity index (χ1n) is 5.15. The lowest BCUT2D eigenvalue weighted by Crippen LogP contribution is -2.21. The Morgan fingerprint density at radius 2 is 2.00 bits per heavy atom. The van der Waals surface area contributed by atoms with Crippen molar-refractivity contribution in [1.29, 1.82) is 0 Å². The number of rotatable bonds is 2. The van der Waals surface area contributed by atoms with Crippen LogP contribution in [0.25, 0.3) is 5.57 Å². The van der Waals surface area contributed by atoms with Gasteiger partial charge in [0, 0.05) is 0 Å². The van der Waals surface area contributed by atoms with Crippen LogP contribution < -0.4 is 0 Å². The average molecular weight is 198 g/mol. The maximum Gasteiger partial charge on any atom is 0.130 e. The fourth-order valence-corrected chi connectivity index (χ4v) is 1.93. The van der Waals surface area contributed by atoms with Crippen LogP contribution in [0.4, 0.5) is 0 Å². The van der Waals surface area contributed by atoms with Gasteiger partial charge in [-0.25, -0.2) is 0 Å². The van der Waals surface area contributed by atoms with Crippen LogP contribution in [0.2, 0.25) is 0 Å². The first-order valence-corrected chi connectivity index (χ1v) is 5.15. The molecule has 1 heteroatoms. The van der Waals surface area contributed by atoms with Crippen molar-refractivity contribution < 1.29 is 4.79 Å². The van der Waals surface area contributed by atoms with E-state index in [1.807, 2.05) is 55.5 Å². The minimum atomic E-state index is -0.365. The summed E-state index contributed by atoms with van der Waals surface area (Å²) in [7, 11) is 0. The lowest BCUT2D eigenvalue weighted by molar-refractivity contribution is -0.112. The van der Waals surface area contributed by atoms with Gasteiger partial charge in [0.2, 0.25) is 0 Å². The smallest absolute Gasteiger partial charge is 0.130 e. The Bertz CT molecular complexity index is 414. The summed E-state index contributed by atoms with van der Waals surface area (Å²) in [6.07, 6.45) is 7.94. The normalized spacial score (nSPS) is 24.7. The number of aldehydes is 1. The molecule has 0 aliphatic heterocycles. The second-order valence-corrected chi connectivity index (χ2v) is 4.11. The Balaban J connectivity index is 2.47. The molecule has 15 heavy (non-hydrogen) atoms. The first-order chi connectivity index (χ1) is 7.26. The minimum Gasteiger partial charge on any atom is -0.302 e. The molecular formula is C14H14O. The van der Waals surface area contributed by atoms with Crippen molar-refractivity contribution in [3.63, 3.8) is 0 Å². The highest BCUT2D eigenvalue weighted by Crippen LogP contribution is 2.38. The molecule has 0 N–H and O–H groups in total. The van der Waals surface area contributed by atoms with Gasteiger partial charge >= 0.3 is 0 Å². The Labute approximate surface area is 90.1 Å². The highest BCUT2D eigenvalue weighted by atomic mass is 16.1. The van der Waals surface area contributed by atoms with Crippen LogP contribution in [0.1, 0.15) is 18.9 Å². The molecule has 1 atom stereocenters. The highest BCUT2D eigenvalue weighted by molar-refractivity contribution is 5.86. The third-order valence-corrected chi connectivity index (χ3v) is 2.90. The first kappa shape index (κ1) is 9.91. The van der Waals surface area contributed by atoms with Crippen LogP contribution >= 0.6 is 0 Å². The number of benzene rings is 1. The molecule has 76 valence electrons. The van der Waals surface area contributed by atoms with Crippen LogP contribution in [0.3, 0.4) is 0 Å². The van der Waals surface area contributed by atoms with E-state index in [-0.39, 0.29) is 5.41 Å². The minimum absolute atomic E-state index is 0.365. The molecule has 1 aromatic rings. The topological polar surface area (TPSA) is 17.1 Å². The fourth-order valence-electron chi connectivity index (χ4n) is 1.93. The van der Waals surface area contributed by atoms with E-state index < -0.39 is 0 Å². The Morgan fingerprint density at radius 3 is 2.67 bits per heavy atom. The van der Waals surface area contributed by atoms with Crippen LogP contribution in [0.5, 0.6) is 0 Å². The molecule has 1 aliphatic rings. The lowest BCUT2D eigenvalue weighted by atomic mass is 9.75. The Hall–Kier alpha value is -1.63. The molecule has 0 heterocycles. The molecule has 0 saturated heterocycles. The van der Waals surface area contributed by atoms with Crippen LogP contribution in [0, 0.1) is 5.41 Å². The zero-order chi connectivity index (χ0) is 10.7. The molecule has 0 bridgehead atoms. The lowest BCUT2D eigenvalue weighted by Gasteiger charge is -2.27. The Kier molecular flexibility index (Phi) is 2.55. The van der Waals surface area contributed by atoms with Gasteiger partial charge in [-0.05, 0) is 24.5 Å². The molecule has 0 aromatic heterocycles. The zero-order valence-corrected chi connectivity index (χ0v) is 8.81. The largest absolute Gasteiger partial charge is 0.302 e. The van der Waals surface area contributed by atoms with E-state index in [2.05, 4.69) is 0 Å². The summed E-state index contributed by atoms with van der Waals surface area (Å²) in [4.78, 5) is 11.2. The van der Waals surface area contributed by atoms with Crippen LogP contribution in [-0.4, -0.2) is 6.29 Å². The van der Waals surface area contributed by atoms with E-state index >= 15 is 0 Å². The molecule has 1 nitrogen and oxygen atoms in total. The Morgan fingerprint density at radius 1 is 1.27 bits per heavy atom. The van der Waals surface area contributed by atoms with Gasteiger partial charge in [-0.15, -0.1) is 0 Å². The maximum absolute atomic E-state index is 11.2. The van der Waals surface area contributed by atoms with E-state index in [1.54, 1.807) is 0 Å². The second kappa shape index (κ2) is 3.85.